The number of aliphatic carboxylic acids is 1. The molecule has 7 rings (SSSR count). The van der Waals surface area contributed by atoms with Gasteiger partial charge in [0.2, 0.25) is 41.4 Å². The molecular formula is C49H58F3N9O10. The van der Waals surface area contributed by atoms with Gasteiger partial charge in [-0.3, -0.25) is 48.0 Å². The number of nitrogens with one attached hydrogen (secondary N) is 3. The summed E-state index contributed by atoms with van der Waals surface area (Å²) in [6.07, 6.45) is -0.567. The third-order valence-electron chi connectivity index (χ3n) is 13.0. The average molecular weight is 990 g/mol. The van der Waals surface area contributed by atoms with Crippen LogP contribution in [0, 0.1) is 0 Å². The van der Waals surface area contributed by atoms with Crippen molar-refractivity contribution in [3.8, 4) is 0 Å². The molecule has 0 radical (unpaired) electrons. The van der Waals surface area contributed by atoms with Crippen LogP contribution in [0.3, 0.4) is 0 Å². The molecule has 3 aliphatic heterocycles. The Morgan fingerprint density at radius 1 is 0.831 bits per heavy atom. The van der Waals surface area contributed by atoms with Crippen molar-refractivity contribution in [3.05, 3.63) is 106 Å². The lowest BCUT2D eigenvalue weighted by Crippen LogP contribution is -2.60. The molecule has 4 heterocycles. The van der Waals surface area contributed by atoms with Gasteiger partial charge in [0.05, 0.1) is 17.1 Å². The van der Waals surface area contributed by atoms with Crippen LogP contribution in [-0.2, 0) is 51.8 Å². The maximum Gasteiger partial charge on any atom is 0.490 e. The highest BCUT2D eigenvalue weighted by atomic mass is 19.4. The topological polar surface area (TPSA) is 278 Å². The molecule has 3 aliphatic rings. The zero-order chi connectivity index (χ0) is 51.6. The number of alkyl halides is 3. The first-order chi connectivity index (χ1) is 33.8. The van der Waals surface area contributed by atoms with Gasteiger partial charge in [-0.05, 0) is 74.1 Å². The van der Waals surface area contributed by atoms with Crippen LogP contribution in [0.15, 0.2) is 83.7 Å². The highest BCUT2D eigenvalue weighted by Crippen LogP contribution is 2.31. The Morgan fingerprint density at radius 2 is 1.48 bits per heavy atom. The minimum absolute atomic E-state index is 0.000574. The number of carbonyl (C=O) groups excluding carboxylic acids is 7. The zero-order valence-electron chi connectivity index (χ0n) is 39.1. The Balaban J connectivity index is 0.00000110. The molecule has 380 valence electrons. The van der Waals surface area contributed by atoms with Crippen molar-refractivity contribution in [2.75, 3.05) is 13.1 Å². The fourth-order valence-corrected chi connectivity index (χ4v) is 9.48. The molecule has 7 amide bonds. The quantitative estimate of drug-likeness (QED) is 0.0701. The SMILES string of the molecule is Cn1c(=O)n(C2CCC(=O)NC2=O)c2cccc(CCCCCC(=O)N3CC[C@H]4CC[C@@H](C(=O)N[C@@H](CCC(N)=O)C(=O)NC(c5ccccc5)c5ccccc5)N4C(=O)[C@@H](N)C3)c21.O=C(O)C(F)(F)F. The van der Waals surface area contributed by atoms with Crippen LogP contribution in [0.2, 0.25) is 0 Å². The molecule has 0 aliphatic carbocycles. The Morgan fingerprint density at radius 3 is 2.08 bits per heavy atom. The Kier molecular flexibility index (Phi) is 17.5. The van der Waals surface area contributed by atoms with Crippen molar-refractivity contribution in [1.82, 2.24) is 34.9 Å². The first kappa shape index (κ1) is 53.0. The minimum Gasteiger partial charge on any atom is -0.475 e. The van der Waals surface area contributed by atoms with Gasteiger partial charge >= 0.3 is 17.8 Å². The summed E-state index contributed by atoms with van der Waals surface area (Å²) in [5.74, 6) is -5.79. The van der Waals surface area contributed by atoms with E-state index in [1.807, 2.05) is 78.9 Å². The molecular weight excluding hydrogens is 932 g/mol. The Labute approximate surface area is 406 Å². The molecule has 3 aromatic carbocycles. The molecule has 8 N–H and O–H groups in total. The predicted molar refractivity (Wildman–Crippen MR) is 251 cm³/mol. The number of carbonyl (C=O) groups is 8. The van der Waals surface area contributed by atoms with Crippen LogP contribution in [0.25, 0.3) is 11.0 Å². The van der Waals surface area contributed by atoms with Crippen molar-refractivity contribution in [1.29, 1.82) is 0 Å². The number of rotatable bonds is 16. The molecule has 4 aromatic rings. The van der Waals surface area contributed by atoms with E-state index in [0.717, 1.165) is 35.0 Å². The lowest BCUT2D eigenvalue weighted by molar-refractivity contribution is -0.192. The summed E-state index contributed by atoms with van der Waals surface area (Å²) < 4.78 is 34.7. The summed E-state index contributed by atoms with van der Waals surface area (Å²) in [5, 5.41) is 15.3. The number of carboxylic acids is 1. The predicted octanol–water partition coefficient (Wildman–Crippen LogP) is 2.63. The van der Waals surface area contributed by atoms with Gasteiger partial charge in [-0.1, -0.05) is 79.2 Å². The summed E-state index contributed by atoms with van der Waals surface area (Å²) in [6, 6.07) is 19.7. The minimum atomic E-state index is -5.08. The average Bonchev–Trinajstić information content (AvgIpc) is 3.87. The molecule has 0 spiro atoms. The van der Waals surface area contributed by atoms with E-state index in [1.54, 1.807) is 16.5 Å². The van der Waals surface area contributed by atoms with Crippen molar-refractivity contribution < 1.29 is 56.6 Å². The smallest absolute Gasteiger partial charge is 0.475 e. The van der Waals surface area contributed by atoms with Crippen molar-refractivity contribution in [2.24, 2.45) is 18.5 Å². The number of amides is 7. The van der Waals surface area contributed by atoms with Crippen LogP contribution in [0.4, 0.5) is 13.2 Å². The number of aryl methyl sites for hydroxylation is 2. The highest BCUT2D eigenvalue weighted by molar-refractivity contribution is 6.00. The molecule has 0 bridgehead atoms. The number of aromatic nitrogens is 2. The van der Waals surface area contributed by atoms with E-state index in [4.69, 9.17) is 21.4 Å². The van der Waals surface area contributed by atoms with Gasteiger partial charge in [-0.15, -0.1) is 0 Å². The maximum absolute atomic E-state index is 14.0. The second kappa shape index (κ2) is 23.5. The van der Waals surface area contributed by atoms with E-state index in [0.29, 0.717) is 44.2 Å². The van der Waals surface area contributed by atoms with E-state index in [2.05, 4.69) is 16.0 Å². The monoisotopic (exact) mass is 989 g/mol. The standard InChI is InChI=1S/C47H57N9O8.C2HF3O2/c1-53-42-31(17-11-18-35(42)56(47(53)64)37-23-25-39(58)51-45(37)62)16-9-4-10-19-40(59)54-27-26-32-20-22-36(55(32)46(63)33(48)28-54)44(61)50-34(21-24-38(49)57)43(60)52-41(29-12-5-2-6-13-29)30-14-7-3-8-15-30;3-2(4,5)1(6)7/h2-3,5-8,11-15,17-18,32-34,36-37,41H,4,9-10,16,19-28,48H2,1H3,(H2,49,57)(H,50,61)(H,52,60)(H,51,58,62);(H,6,7)/t32-,33+,34+,36+,37?;/m1./s1. The zero-order valence-corrected chi connectivity index (χ0v) is 39.1. The van der Waals surface area contributed by atoms with Crippen LogP contribution < -0.4 is 33.1 Å². The molecule has 19 nitrogen and oxygen atoms in total. The van der Waals surface area contributed by atoms with E-state index in [1.165, 1.54) is 9.47 Å². The van der Waals surface area contributed by atoms with Crippen molar-refractivity contribution in [2.45, 2.75) is 119 Å². The summed E-state index contributed by atoms with van der Waals surface area (Å²) in [4.78, 5) is 117. The number of nitrogens with zero attached hydrogens (tertiary/aromatic N) is 4. The van der Waals surface area contributed by atoms with E-state index in [9.17, 15) is 51.5 Å². The number of fused-ring (bicyclic) bond motifs is 2. The second-order valence-corrected chi connectivity index (χ2v) is 17.9. The molecule has 5 atom stereocenters. The Hall–Kier alpha value is -7.36. The number of benzene rings is 3. The largest absolute Gasteiger partial charge is 0.490 e. The second-order valence-electron chi connectivity index (χ2n) is 17.9. The van der Waals surface area contributed by atoms with E-state index in [-0.39, 0.29) is 62.2 Å². The van der Waals surface area contributed by atoms with Gasteiger partial charge in [0.1, 0.15) is 24.2 Å². The molecule has 3 fully saturated rings. The van der Waals surface area contributed by atoms with Crippen LogP contribution in [0.5, 0.6) is 0 Å². The summed E-state index contributed by atoms with van der Waals surface area (Å²) in [5.41, 5.74) is 15.6. The number of hydrogen-bond donors (Lipinski definition) is 6. The van der Waals surface area contributed by atoms with Gasteiger partial charge in [0, 0.05) is 45.4 Å². The van der Waals surface area contributed by atoms with Crippen LogP contribution >= 0.6 is 0 Å². The summed E-state index contributed by atoms with van der Waals surface area (Å²) >= 11 is 0. The fraction of sp³-hybridized carbons (Fsp3) is 0.449. The lowest BCUT2D eigenvalue weighted by Gasteiger charge is -2.37. The van der Waals surface area contributed by atoms with E-state index >= 15 is 0 Å². The first-order valence-corrected chi connectivity index (χ1v) is 23.4. The normalized spacial score (nSPS) is 19.7. The third-order valence-corrected chi connectivity index (χ3v) is 13.0. The van der Waals surface area contributed by atoms with Gasteiger partial charge in [-0.2, -0.15) is 13.2 Å². The number of piperidine rings is 1. The lowest BCUT2D eigenvalue weighted by atomic mass is 9.98. The number of imide groups is 1. The maximum atomic E-state index is 14.0. The number of hydrogen-bond acceptors (Lipinski definition) is 10. The number of para-hydroxylation sites is 1. The van der Waals surface area contributed by atoms with Crippen molar-refractivity contribution in [3.63, 3.8) is 0 Å². The van der Waals surface area contributed by atoms with Gasteiger partial charge < -0.3 is 37.0 Å². The van der Waals surface area contributed by atoms with E-state index < -0.39 is 71.9 Å². The number of carboxylic acid groups (broad SMARTS) is 1. The fourth-order valence-electron chi connectivity index (χ4n) is 9.48. The number of imidazole rings is 1. The van der Waals surface area contributed by atoms with Gasteiger partial charge in [0.25, 0.3) is 0 Å². The van der Waals surface area contributed by atoms with Crippen LogP contribution in [0.1, 0.15) is 99.4 Å². The molecule has 71 heavy (non-hydrogen) atoms. The molecule has 1 unspecified atom stereocenters. The van der Waals surface area contributed by atoms with Crippen molar-refractivity contribution >= 4 is 58.4 Å². The number of halogens is 3. The number of unbranched alkanes of at least 4 members (excludes halogenated alkanes) is 2. The highest BCUT2D eigenvalue weighted by Gasteiger charge is 2.45. The van der Waals surface area contributed by atoms with Crippen LogP contribution in [-0.4, -0.2) is 115 Å². The third kappa shape index (κ3) is 13.1. The summed E-state index contributed by atoms with van der Waals surface area (Å²) in [6.45, 7) is 0.360. The van der Waals surface area contributed by atoms with Gasteiger partial charge in [-0.25, -0.2) is 9.59 Å². The molecule has 3 saturated heterocycles. The first-order valence-electron chi connectivity index (χ1n) is 23.4. The summed E-state index contributed by atoms with van der Waals surface area (Å²) in [7, 11) is 1.67. The Bertz CT molecular complexity index is 2640. The molecule has 1 aromatic heterocycles. The molecule has 22 heteroatoms. The molecule has 0 saturated carbocycles. The number of primary amides is 1. The number of nitrogens with two attached hydrogens (primary N) is 2. The van der Waals surface area contributed by atoms with Gasteiger partial charge in [0.15, 0.2) is 0 Å².